The number of carbonyl (C=O) groups is 2. The number of rotatable bonds is 4. The maximum Gasteiger partial charge on any atom is 0.353 e. The first-order chi connectivity index (χ1) is 14.6. The number of anilines is 1. The summed E-state index contributed by atoms with van der Waals surface area (Å²) in [5.74, 6) is 0.0328. The van der Waals surface area contributed by atoms with E-state index in [4.69, 9.17) is 4.74 Å². The van der Waals surface area contributed by atoms with Gasteiger partial charge in [-0.2, -0.15) is 0 Å². The lowest BCUT2D eigenvalue weighted by Crippen LogP contribution is -2.38. The summed E-state index contributed by atoms with van der Waals surface area (Å²) < 4.78 is 5.51. The molecule has 0 bridgehead atoms. The predicted molar refractivity (Wildman–Crippen MR) is 119 cm³/mol. The first kappa shape index (κ1) is 19.3. The van der Waals surface area contributed by atoms with Gasteiger partial charge in [-0.1, -0.05) is 25.1 Å². The van der Waals surface area contributed by atoms with Crippen LogP contribution in [0, 0.1) is 0 Å². The Labute approximate surface area is 182 Å². The van der Waals surface area contributed by atoms with E-state index < -0.39 is 0 Å². The summed E-state index contributed by atoms with van der Waals surface area (Å²) in [6, 6.07) is 10.8. The molecular formula is C22H21N3O3S2. The van der Waals surface area contributed by atoms with E-state index in [1.807, 2.05) is 23.6 Å². The van der Waals surface area contributed by atoms with Crippen LogP contribution < -0.4 is 15.4 Å². The van der Waals surface area contributed by atoms with E-state index in [0.717, 1.165) is 42.2 Å². The molecule has 0 spiro atoms. The van der Waals surface area contributed by atoms with Crippen molar-refractivity contribution >= 4 is 39.6 Å². The van der Waals surface area contributed by atoms with E-state index in [1.54, 1.807) is 29.5 Å². The Hall–Kier alpha value is -2.68. The molecule has 2 aromatic heterocycles. The number of thiophene rings is 2. The van der Waals surface area contributed by atoms with Gasteiger partial charge in [0.2, 0.25) is 0 Å². The van der Waals surface area contributed by atoms with Crippen molar-refractivity contribution in [3.8, 4) is 5.75 Å². The van der Waals surface area contributed by atoms with Crippen molar-refractivity contribution in [1.29, 1.82) is 0 Å². The number of hydrogen-bond acceptors (Lipinski definition) is 7. The summed E-state index contributed by atoms with van der Waals surface area (Å²) in [7, 11) is 0. The van der Waals surface area contributed by atoms with Gasteiger partial charge in [-0.3, -0.25) is 9.69 Å². The molecule has 0 fully saturated rings. The summed E-state index contributed by atoms with van der Waals surface area (Å²) in [5, 5.41) is 9.30. The minimum Gasteiger partial charge on any atom is -0.422 e. The van der Waals surface area contributed by atoms with E-state index in [2.05, 4.69) is 22.5 Å². The first-order valence-electron chi connectivity index (χ1n) is 9.92. The fourth-order valence-corrected chi connectivity index (χ4v) is 5.83. The summed E-state index contributed by atoms with van der Waals surface area (Å²) in [4.78, 5) is 29.4. The first-order valence-corrected chi connectivity index (χ1v) is 11.6. The van der Waals surface area contributed by atoms with Crippen LogP contribution >= 0.6 is 22.7 Å². The Bertz CT molecular complexity index is 1110. The van der Waals surface area contributed by atoms with Gasteiger partial charge in [0.1, 0.15) is 21.8 Å². The lowest BCUT2D eigenvalue weighted by Gasteiger charge is -2.28. The van der Waals surface area contributed by atoms with Crippen LogP contribution in [0.25, 0.3) is 0 Å². The number of amides is 1. The van der Waals surface area contributed by atoms with Crippen molar-refractivity contribution in [2.75, 3.05) is 18.4 Å². The molecule has 0 radical (unpaired) electrons. The second-order valence-corrected chi connectivity index (χ2v) is 9.37. The minimum atomic E-state index is -0.378. The third kappa shape index (κ3) is 3.51. The van der Waals surface area contributed by atoms with Crippen LogP contribution in [-0.2, 0) is 13.0 Å². The average molecular weight is 440 g/mol. The van der Waals surface area contributed by atoms with E-state index in [-0.39, 0.29) is 18.0 Å². The fourth-order valence-electron chi connectivity index (χ4n) is 3.91. The van der Waals surface area contributed by atoms with Crippen LogP contribution in [0.2, 0.25) is 0 Å². The Morgan fingerprint density at radius 3 is 2.97 bits per heavy atom. The largest absolute Gasteiger partial charge is 0.422 e. The van der Waals surface area contributed by atoms with Crippen molar-refractivity contribution in [2.24, 2.45) is 0 Å². The monoisotopic (exact) mass is 439 g/mol. The molecule has 30 heavy (non-hydrogen) atoms. The standard InChI is InChI=1S/C22H21N3O3S2/c1-2-25-9-8-15-17(12-25)30-21-18(15)20(26)23-19(24-21)13-5-3-6-14(11-13)28-22(27)16-7-4-10-29-16/h3-7,10-11,19,24H,2,8-9,12H2,1H3,(H,23,26)/t19-/m0/s1. The molecule has 0 aliphatic carbocycles. The SMILES string of the molecule is CCN1CCc2c(sc3c2C(=O)N[C@H](c2cccc(OC(=O)c4cccs4)c2)N3)C1. The lowest BCUT2D eigenvalue weighted by atomic mass is 10.0. The molecule has 4 heterocycles. The number of hydrogen-bond donors (Lipinski definition) is 2. The van der Waals surface area contributed by atoms with Crippen molar-refractivity contribution in [1.82, 2.24) is 10.2 Å². The highest BCUT2D eigenvalue weighted by Crippen LogP contribution is 2.40. The molecule has 1 amide bonds. The number of ether oxygens (including phenoxy) is 1. The quantitative estimate of drug-likeness (QED) is 0.470. The molecule has 6 nitrogen and oxygen atoms in total. The summed E-state index contributed by atoms with van der Waals surface area (Å²) in [6.07, 6.45) is 0.538. The number of carbonyl (C=O) groups excluding carboxylic acids is 2. The van der Waals surface area contributed by atoms with Crippen LogP contribution in [-0.4, -0.2) is 29.9 Å². The number of esters is 1. The molecule has 3 aromatic rings. The van der Waals surface area contributed by atoms with Gasteiger partial charge >= 0.3 is 5.97 Å². The Balaban J connectivity index is 1.37. The summed E-state index contributed by atoms with van der Waals surface area (Å²) in [6.45, 7) is 5.07. The van der Waals surface area contributed by atoms with Crippen molar-refractivity contribution in [3.05, 3.63) is 68.2 Å². The number of nitrogens with zero attached hydrogens (tertiary/aromatic N) is 1. The molecule has 2 N–H and O–H groups in total. The van der Waals surface area contributed by atoms with E-state index in [1.165, 1.54) is 21.8 Å². The van der Waals surface area contributed by atoms with Crippen LogP contribution in [0.1, 0.15) is 49.1 Å². The van der Waals surface area contributed by atoms with Crippen LogP contribution in [0.4, 0.5) is 5.00 Å². The molecule has 0 saturated heterocycles. The molecule has 5 rings (SSSR count). The molecule has 8 heteroatoms. The van der Waals surface area contributed by atoms with Gasteiger partial charge in [-0.05, 0) is 47.7 Å². The third-order valence-corrected chi connectivity index (χ3v) is 7.48. The smallest absolute Gasteiger partial charge is 0.353 e. The molecular weight excluding hydrogens is 418 g/mol. The highest BCUT2D eigenvalue weighted by atomic mass is 32.1. The van der Waals surface area contributed by atoms with Crippen LogP contribution in [0.3, 0.4) is 0 Å². The normalized spacial score (nSPS) is 18.2. The van der Waals surface area contributed by atoms with Crippen molar-refractivity contribution in [3.63, 3.8) is 0 Å². The van der Waals surface area contributed by atoms with Gasteiger partial charge in [0.05, 0.1) is 5.56 Å². The Morgan fingerprint density at radius 2 is 2.17 bits per heavy atom. The molecule has 0 unspecified atom stereocenters. The molecule has 0 saturated carbocycles. The zero-order valence-corrected chi connectivity index (χ0v) is 18.1. The maximum atomic E-state index is 12.9. The van der Waals surface area contributed by atoms with E-state index in [0.29, 0.717) is 10.6 Å². The molecule has 1 atom stereocenters. The average Bonchev–Trinajstić information content (AvgIpc) is 3.41. The number of benzene rings is 1. The summed E-state index contributed by atoms with van der Waals surface area (Å²) >= 11 is 3.02. The number of fused-ring (bicyclic) bond motifs is 3. The second-order valence-electron chi connectivity index (χ2n) is 7.32. The van der Waals surface area contributed by atoms with Gasteiger partial charge in [-0.15, -0.1) is 22.7 Å². The number of nitrogens with one attached hydrogen (secondary N) is 2. The Kier molecular flexibility index (Phi) is 5.06. The van der Waals surface area contributed by atoms with Gasteiger partial charge in [-0.25, -0.2) is 4.79 Å². The molecule has 2 aliphatic heterocycles. The van der Waals surface area contributed by atoms with Crippen LogP contribution in [0.5, 0.6) is 5.75 Å². The zero-order chi connectivity index (χ0) is 20.7. The fraction of sp³-hybridized carbons (Fsp3) is 0.273. The van der Waals surface area contributed by atoms with Gasteiger partial charge in [0, 0.05) is 18.0 Å². The van der Waals surface area contributed by atoms with Gasteiger partial charge in [0.25, 0.3) is 5.91 Å². The molecule has 1 aromatic carbocycles. The number of likely N-dealkylation sites (N-methyl/N-ethyl adjacent to an activating group) is 1. The van der Waals surface area contributed by atoms with E-state index >= 15 is 0 Å². The van der Waals surface area contributed by atoms with Gasteiger partial charge in [0.15, 0.2) is 0 Å². The second kappa shape index (κ2) is 7.86. The van der Waals surface area contributed by atoms with Crippen LogP contribution in [0.15, 0.2) is 41.8 Å². The predicted octanol–water partition coefficient (Wildman–Crippen LogP) is 4.26. The molecule has 2 aliphatic rings. The van der Waals surface area contributed by atoms with Gasteiger partial charge < -0.3 is 15.4 Å². The maximum absolute atomic E-state index is 12.9. The topological polar surface area (TPSA) is 70.7 Å². The lowest BCUT2D eigenvalue weighted by molar-refractivity contribution is 0.0739. The zero-order valence-electron chi connectivity index (χ0n) is 16.4. The summed E-state index contributed by atoms with van der Waals surface area (Å²) in [5.41, 5.74) is 2.82. The molecule has 154 valence electrons. The highest BCUT2D eigenvalue weighted by molar-refractivity contribution is 7.16. The third-order valence-electron chi connectivity index (χ3n) is 5.49. The van der Waals surface area contributed by atoms with E-state index in [9.17, 15) is 9.59 Å². The minimum absolute atomic E-state index is 0.0443. The van der Waals surface area contributed by atoms with Crippen molar-refractivity contribution < 1.29 is 14.3 Å². The Morgan fingerprint density at radius 1 is 1.27 bits per heavy atom. The van der Waals surface area contributed by atoms with Crippen molar-refractivity contribution in [2.45, 2.75) is 26.1 Å². The highest BCUT2D eigenvalue weighted by Gasteiger charge is 2.33.